The van der Waals surface area contributed by atoms with Crippen molar-refractivity contribution >= 4 is 27.4 Å². The zero-order valence-electron chi connectivity index (χ0n) is 15.9. The van der Waals surface area contributed by atoms with Crippen molar-refractivity contribution in [2.24, 2.45) is 0 Å². The fourth-order valence-electron chi connectivity index (χ4n) is 2.66. The maximum atomic E-state index is 13.1. The molecule has 3 aromatic rings. The van der Waals surface area contributed by atoms with Crippen LogP contribution in [0.25, 0.3) is 0 Å². The van der Waals surface area contributed by atoms with Gasteiger partial charge in [0.25, 0.3) is 5.91 Å². The number of rotatable bonds is 6. The van der Waals surface area contributed by atoms with Crippen molar-refractivity contribution < 1.29 is 27.1 Å². The lowest BCUT2D eigenvalue weighted by Crippen LogP contribution is -2.26. The van der Waals surface area contributed by atoms with E-state index in [0.29, 0.717) is 11.3 Å². The van der Waals surface area contributed by atoms with Crippen LogP contribution in [0.4, 0.5) is 10.1 Å². The second-order valence-corrected chi connectivity index (χ2v) is 8.50. The third-order valence-electron chi connectivity index (χ3n) is 4.20. The number of halogens is 1. The lowest BCUT2D eigenvalue weighted by molar-refractivity contribution is -0.125. The van der Waals surface area contributed by atoms with Crippen LogP contribution in [0.1, 0.15) is 22.0 Å². The Kier molecular flexibility index (Phi) is 6.27. The topological polar surface area (TPSA) is 89.5 Å². The van der Waals surface area contributed by atoms with Crippen LogP contribution < -0.4 is 5.32 Å². The third kappa shape index (κ3) is 5.30. The highest BCUT2D eigenvalue weighted by Gasteiger charge is 2.26. The van der Waals surface area contributed by atoms with E-state index in [9.17, 15) is 22.4 Å². The molecule has 1 atom stereocenters. The van der Waals surface area contributed by atoms with Gasteiger partial charge in [0.1, 0.15) is 5.82 Å². The van der Waals surface area contributed by atoms with Crippen LogP contribution >= 0.6 is 0 Å². The quantitative estimate of drug-likeness (QED) is 0.605. The Balaban J connectivity index is 1.83. The number of esters is 1. The Hall–Kier alpha value is -3.52. The molecule has 0 spiro atoms. The fraction of sp³-hybridized carbons (Fsp3) is 0.0909. The first-order valence-electron chi connectivity index (χ1n) is 8.86. The van der Waals surface area contributed by atoms with Gasteiger partial charge in [-0.05, 0) is 48.5 Å². The van der Waals surface area contributed by atoms with E-state index >= 15 is 0 Å². The molecule has 1 unspecified atom stereocenters. The highest BCUT2D eigenvalue weighted by molar-refractivity contribution is 7.90. The zero-order chi connectivity index (χ0) is 21.7. The number of anilines is 1. The van der Waals surface area contributed by atoms with Crippen molar-refractivity contribution in [3.05, 3.63) is 95.8 Å². The highest BCUT2D eigenvalue weighted by atomic mass is 32.2. The molecule has 0 radical (unpaired) electrons. The van der Waals surface area contributed by atoms with Gasteiger partial charge in [0.15, 0.2) is 9.84 Å². The first-order chi connectivity index (χ1) is 14.2. The van der Waals surface area contributed by atoms with Crippen molar-refractivity contribution in [1.82, 2.24) is 0 Å². The van der Waals surface area contributed by atoms with Gasteiger partial charge in [0.05, 0.1) is 10.5 Å². The van der Waals surface area contributed by atoms with Crippen LogP contribution in [-0.4, -0.2) is 26.6 Å². The van der Waals surface area contributed by atoms with Crippen molar-refractivity contribution in [1.29, 1.82) is 0 Å². The van der Waals surface area contributed by atoms with Crippen molar-refractivity contribution in [3.63, 3.8) is 0 Å². The molecule has 0 aliphatic heterocycles. The predicted molar refractivity (Wildman–Crippen MR) is 109 cm³/mol. The largest absolute Gasteiger partial charge is 0.444 e. The monoisotopic (exact) mass is 427 g/mol. The Morgan fingerprint density at radius 2 is 1.50 bits per heavy atom. The summed E-state index contributed by atoms with van der Waals surface area (Å²) < 4.78 is 41.7. The summed E-state index contributed by atoms with van der Waals surface area (Å²) in [7, 11) is -3.41. The number of carbonyl (C=O) groups is 2. The molecule has 0 aromatic heterocycles. The first-order valence-corrected chi connectivity index (χ1v) is 10.8. The number of benzene rings is 3. The number of amides is 1. The van der Waals surface area contributed by atoms with Gasteiger partial charge in [0.2, 0.25) is 6.10 Å². The molecule has 3 aromatic carbocycles. The van der Waals surface area contributed by atoms with Gasteiger partial charge in [-0.2, -0.15) is 0 Å². The van der Waals surface area contributed by atoms with Gasteiger partial charge >= 0.3 is 5.97 Å². The van der Waals surface area contributed by atoms with E-state index in [1.165, 1.54) is 48.5 Å². The molecule has 0 aliphatic carbocycles. The summed E-state index contributed by atoms with van der Waals surface area (Å²) >= 11 is 0. The number of hydrogen-bond acceptors (Lipinski definition) is 5. The van der Waals surface area contributed by atoms with E-state index in [2.05, 4.69) is 5.32 Å². The van der Waals surface area contributed by atoms with Crippen LogP contribution in [0.2, 0.25) is 0 Å². The molecule has 30 heavy (non-hydrogen) atoms. The SMILES string of the molecule is CS(=O)(=O)c1ccc(C(=O)OC(C(=O)Nc2ccc(F)cc2)c2ccccc2)cc1. The van der Waals surface area contributed by atoms with E-state index in [1.807, 2.05) is 0 Å². The van der Waals surface area contributed by atoms with E-state index < -0.39 is 33.6 Å². The van der Waals surface area contributed by atoms with E-state index in [-0.39, 0.29) is 10.5 Å². The minimum absolute atomic E-state index is 0.0627. The first kappa shape index (κ1) is 21.2. The predicted octanol–water partition coefficient (Wildman–Crippen LogP) is 3.77. The molecular weight excluding hydrogens is 409 g/mol. The molecule has 0 heterocycles. The standard InChI is InChI=1S/C22H18FNO5S/c1-30(27,28)19-13-7-16(8-14-19)22(26)29-20(15-5-3-2-4-6-15)21(25)24-18-11-9-17(23)10-12-18/h2-14,20H,1H3,(H,24,25). The molecule has 0 bridgehead atoms. The molecule has 0 aliphatic rings. The van der Waals surface area contributed by atoms with Gasteiger partial charge < -0.3 is 10.1 Å². The van der Waals surface area contributed by atoms with Gasteiger partial charge in [-0.1, -0.05) is 30.3 Å². The molecule has 8 heteroatoms. The van der Waals surface area contributed by atoms with E-state index in [4.69, 9.17) is 4.74 Å². The van der Waals surface area contributed by atoms with Crippen LogP contribution in [0.15, 0.2) is 83.8 Å². The van der Waals surface area contributed by atoms with Crippen molar-refractivity contribution in [2.75, 3.05) is 11.6 Å². The number of carbonyl (C=O) groups excluding carboxylic acids is 2. The summed E-state index contributed by atoms with van der Waals surface area (Å²) in [5.41, 5.74) is 0.881. The maximum absolute atomic E-state index is 13.1. The summed E-state index contributed by atoms with van der Waals surface area (Å²) in [5.74, 6) is -1.86. The Bertz CT molecular complexity index is 1140. The van der Waals surface area contributed by atoms with Crippen LogP contribution in [0.3, 0.4) is 0 Å². The molecule has 1 N–H and O–H groups in total. The molecule has 1 amide bonds. The average Bonchev–Trinajstić information content (AvgIpc) is 2.73. The number of ether oxygens (including phenoxy) is 1. The Morgan fingerprint density at radius 3 is 2.07 bits per heavy atom. The molecule has 154 valence electrons. The lowest BCUT2D eigenvalue weighted by Gasteiger charge is -2.18. The smallest absolute Gasteiger partial charge is 0.339 e. The molecule has 6 nitrogen and oxygen atoms in total. The van der Waals surface area contributed by atoms with E-state index in [1.54, 1.807) is 30.3 Å². The molecule has 3 rings (SSSR count). The van der Waals surface area contributed by atoms with Crippen LogP contribution in [0.5, 0.6) is 0 Å². The van der Waals surface area contributed by atoms with Gasteiger partial charge in [0, 0.05) is 17.5 Å². The highest BCUT2D eigenvalue weighted by Crippen LogP contribution is 2.22. The summed E-state index contributed by atoms with van der Waals surface area (Å²) in [6, 6.07) is 18.8. The molecular formula is C22H18FNO5S. The van der Waals surface area contributed by atoms with Gasteiger partial charge in [-0.25, -0.2) is 17.6 Å². The number of sulfone groups is 1. The minimum Gasteiger partial charge on any atom is -0.444 e. The lowest BCUT2D eigenvalue weighted by atomic mass is 10.1. The average molecular weight is 427 g/mol. The summed E-state index contributed by atoms with van der Waals surface area (Å²) in [6.07, 6.45) is -0.204. The summed E-state index contributed by atoms with van der Waals surface area (Å²) in [6.45, 7) is 0. The number of nitrogens with one attached hydrogen (secondary N) is 1. The zero-order valence-corrected chi connectivity index (χ0v) is 16.7. The van der Waals surface area contributed by atoms with Crippen molar-refractivity contribution in [3.8, 4) is 0 Å². The second-order valence-electron chi connectivity index (χ2n) is 6.49. The third-order valence-corrected chi connectivity index (χ3v) is 5.32. The molecule has 0 fully saturated rings. The van der Waals surface area contributed by atoms with Crippen molar-refractivity contribution in [2.45, 2.75) is 11.0 Å². The summed E-state index contributed by atoms with van der Waals surface area (Å²) in [5, 5.41) is 2.59. The molecule has 0 saturated carbocycles. The van der Waals surface area contributed by atoms with Gasteiger partial charge in [-0.3, -0.25) is 4.79 Å². The normalized spacial score (nSPS) is 12.1. The van der Waals surface area contributed by atoms with E-state index in [0.717, 1.165) is 6.26 Å². The van der Waals surface area contributed by atoms with Gasteiger partial charge in [-0.15, -0.1) is 0 Å². The number of hydrogen-bond donors (Lipinski definition) is 1. The second kappa shape index (κ2) is 8.87. The summed E-state index contributed by atoms with van der Waals surface area (Å²) in [4.78, 5) is 25.4. The fourth-order valence-corrected chi connectivity index (χ4v) is 3.29. The molecule has 0 saturated heterocycles. The Morgan fingerprint density at radius 1 is 0.900 bits per heavy atom. The Labute approximate surface area is 173 Å². The minimum atomic E-state index is -3.41. The van der Waals surface area contributed by atoms with Crippen LogP contribution in [0, 0.1) is 5.82 Å². The van der Waals surface area contributed by atoms with Crippen LogP contribution in [-0.2, 0) is 19.4 Å². The maximum Gasteiger partial charge on any atom is 0.339 e.